The van der Waals surface area contributed by atoms with Crippen LogP contribution >= 0.6 is 0 Å². The van der Waals surface area contributed by atoms with Crippen LogP contribution in [0.15, 0.2) is 12.7 Å². The number of aliphatic carboxylic acids is 1. The van der Waals surface area contributed by atoms with Gasteiger partial charge in [0.15, 0.2) is 0 Å². The van der Waals surface area contributed by atoms with Crippen LogP contribution in [0, 0.1) is 11.3 Å². The Morgan fingerprint density at radius 1 is 1.22 bits per heavy atom. The smallest absolute Gasteiger partial charge is 0.327 e. The molecule has 36 heavy (non-hydrogen) atoms. The van der Waals surface area contributed by atoms with Gasteiger partial charge in [-0.15, -0.1) is 6.58 Å². The minimum absolute atomic E-state index is 0.0482. The molecule has 1 aliphatic rings. The molecule has 0 spiro atoms. The van der Waals surface area contributed by atoms with Crippen molar-refractivity contribution in [3.05, 3.63) is 12.7 Å². The number of carbonyl (C=O) groups is 4. The molecule has 3 N–H and O–H groups in total. The lowest BCUT2D eigenvalue weighted by atomic mass is 9.87. The summed E-state index contributed by atoms with van der Waals surface area (Å²) in [5, 5.41) is 14.8. The second-order valence-electron chi connectivity index (χ2n) is 10.4. The molecule has 0 aromatic heterocycles. The molecule has 4 atom stereocenters. The third-order valence-electron chi connectivity index (χ3n) is 6.50. The first-order valence-corrected chi connectivity index (χ1v) is 13.6. The Morgan fingerprint density at radius 2 is 1.81 bits per heavy atom. The summed E-state index contributed by atoms with van der Waals surface area (Å²) in [4.78, 5) is 52.7. The van der Waals surface area contributed by atoms with Gasteiger partial charge in [-0.25, -0.2) is 22.3 Å². The molecule has 1 aliphatic heterocycles. The van der Waals surface area contributed by atoms with Crippen LogP contribution in [0.4, 0.5) is 4.79 Å². The highest BCUT2D eigenvalue weighted by atomic mass is 32.2. The number of nitrogens with zero attached hydrogens (tertiary/aromatic N) is 3. The number of hydrogen-bond acceptors (Lipinski definition) is 6. The summed E-state index contributed by atoms with van der Waals surface area (Å²) in [7, 11) is -0.631. The Kier molecular flexibility index (Phi) is 10.9. The highest BCUT2D eigenvalue weighted by Crippen LogP contribution is 2.23. The van der Waals surface area contributed by atoms with Gasteiger partial charge in [0.25, 0.3) is 0 Å². The fourth-order valence-corrected chi connectivity index (χ4v) is 4.38. The standard InChI is InChI=1S/C23H41N5O7S/c1-9-15(2)19(21(31)32)27(7)20(30)16-11-10-12-28(16)18(29)13-24-22(33)25-17(23(3,4)5)14-26(6)36(8,34)35/h9,15-17,19H,1,10-14H2,2-8H3,(H,31,32)(H2,24,25,33)/t15?,16-,17?,19+/m0/s1. The Bertz CT molecular complexity index is 947. The number of carboxylic acids is 1. The van der Waals surface area contributed by atoms with Gasteiger partial charge in [-0.1, -0.05) is 33.8 Å². The summed E-state index contributed by atoms with van der Waals surface area (Å²) in [6.07, 6.45) is 3.50. The summed E-state index contributed by atoms with van der Waals surface area (Å²) in [5.74, 6) is -2.62. The van der Waals surface area contributed by atoms with E-state index in [9.17, 15) is 32.7 Å². The molecule has 4 amide bonds. The quantitative estimate of drug-likeness (QED) is 0.324. The number of nitrogens with one attached hydrogen (secondary N) is 2. The van der Waals surface area contributed by atoms with E-state index in [4.69, 9.17) is 0 Å². The number of carboxylic acid groups (broad SMARTS) is 1. The lowest BCUT2D eigenvalue weighted by Crippen LogP contribution is -2.56. The van der Waals surface area contributed by atoms with Crippen LogP contribution < -0.4 is 10.6 Å². The molecule has 1 saturated heterocycles. The van der Waals surface area contributed by atoms with Gasteiger partial charge < -0.3 is 25.5 Å². The average molecular weight is 532 g/mol. The number of carbonyl (C=O) groups excluding carboxylic acids is 3. The number of amides is 4. The van der Waals surface area contributed by atoms with Crippen LogP contribution in [0.25, 0.3) is 0 Å². The summed E-state index contributed by atoms with van der Waals surface area (Å²) in [6, 6.07) is -3.12. The van der Waals surface area contributed by atoms with Crippen LogP contribution in [-0.2, 0) is 24.4 Å². The second kappa shape index (κ2) is 12.5. The van der Waals surface area contributed by atoms with Crippen LogP contribution in [0.3, 0.4) is 0 Å². The first kappa shape index (κ1) is 31.4. The van der Waals surface area contributed by atoms with E-state index in [1.54, 1.807) is 6.92 Å². The molecular weight excluding hydrogens is 490 g/mol. The van der Waals surface area contributed by atoms with E-state index in [0.717, 1.165) is 15.5 Å². The van der Waals surface area contributed by atoms with Crippen LogP contribution in [0.2, 0.25) is 0 Å². The number of likely N-dealkylation sites (tertiary alicyclic amines) is 1. The van der Waals surface area contributed by atoms with Gasteiger partial charge in [0, 0.05) is 39.1 Å². The predicted molar refractivity (Wildman–Crippen MR) is 136 cm³/mol. The number of sulfonamides is 1. The van der Waals surface area contributed by atoms with Crippen molar-refractivity contribution in [3.63, 3.8) is 0 Å². The molecule has 13 heteroatoms. The SMILES string of the molecule is C=CC(C)[C@H](C(=O)O)N(C)C(=O)[C@@H]1CCCN1C(=O)CNC(=O)NC(CN(C)S(C)(=O)=O)C(C)(C)C. The Hall–Kier alpha value is -2.67. The van der Waals surface area contributed by atoms with E-state index in [0.29, 0.717) is 19.4 Å². The van der Waals surface area contributed by atoms with Crippen LogP contribution in [0.1, 0.15) is 40.5 Å². The molecule has 206 valence electrons. The van der Waals surface area contributed by atoms with Crippen molar-refractivity contribution < 1.29 is 32.7 Å². The zero-order valence-corrected chi connectivity index (χ0v) is 23.1. The first-order chi connectivity index (χ1) is 16.4. The van der Waals surface area contributed by atoms with Gasteiger partial charge in [-0.3, -0.25) is 9.59 Å². The molecule has 1 heterocycles. The maximum Gasteiger partial charge on any atom is 0.327 e. The number of urea groups is 1. The maximum atomic E-state index is 13.1. The van der Waals surface area contributed by atoms with E-state index < -0.39 is 63.3 Å². The van der Waals surface area contributed by atoms with Gasteiger partial charge in [0.1, 0.15) is 12.1 Å². The first-order valence-electron chi connectivity index (χ1n) is 11.8. The largest absolute Gasteiger partial charge is 0.480 e. The third-order valence-corrected chi connectivity index (χ3v) is 7.78. The van der Waals surface area contributed by atoms with Crippen molar-refractivity contribution >= 4 is 33.8 Å². The van der Waals surface area contributed by atoms with E-state index >= 15 is 0 Å². The monoisotopic (exact) mass is 531 g/mol. The van der Waals surface area contributed by atoms with E-state index in [1.165, 1.54) is 25.1 Å². The maximum absolute atomic E-state index is 13.1. The normalized spacial score (nSPS) is 18.8. The highest BCUT2D eigenvalue weighted by molar-refractivity contribution is 7.88. The fourth-order valence-electron chi connectivity index (χ4n) is 3.96. The molecular formula is C23H41N5O7S. The zero-order chi connectivity index (χ0) is 28.0. The Morgan fingerprint density at radius 3 is 2.28 bits per heavy atom. The molecule has 1 rings (SSSR count). The summed E-state index contributed by atoms with van der Waals surface area (Å²) in [5.41, 5.74) is -0.472. The molecule has 0 aromatic carbocycles. The molecule has 0 aliphatic carbocycles. The number of hydrogen-bond donors (Lipinski definition) is 3. The lowest BCUT2D eigenvalue weighted by Gasteiger charge is -2.34. The molecule has 0 saturated carbocycles. The number of likely N-dealkylation sites (N-methyl/N-ethyl adjacent to an activating group) is 2. The third kappa shape index (κ3) is 8.47. The summed E-state index contributed by atoms with van der Waals surface area (Å²) >= 11 is 0. The van der Waals surface area contributed by atoms with Crippen LogP contribution in [-0.4, -0.2) is 110 Å². The topological polar surface area (TPSA) is 156 Å². The van der Waals surface area contributed by atoms with Gasteiger partial charge in [-0.2, -0.15) is 0 Å². The van der Waals surface area contributed by atoms with Crippen molar-refractivity contribution in [1.29, 1.82) is 0 Å². The molecule has 0 aromatic rings. The Labute approximate surface area is 214 Å². The molecule has 0 radical (unpaired) electrons. The predicted octanol–water partition coefficient (Wildman–Crippen LogP) is 0.316. The van der Waals surface area contributed by atoms with Crippen molar-refractivity contribution in [1.82, 2.24) is 24.7 Å². The van der Waals surface area contributed by atoms with E-state index in [2.05, 4.69) is 17.2 Å². The van der Waals surface area contributed by atoms with Crippen molar-refractivity contribution in [2.45, 2.75) is 58.7 Å². The van der Waals surface area contributed by atoms with Gasteiger partial charge in [0.05, 0.1) is 12.8 Å². The Balaban J connectivity index is 2.83. The minimum Gasteiger partial charge on any atom is -0.480 e. The lowest BCUT2D eigenvalue weighted by molar-refractivity contribution is -0.153. The van der Waals surface area contributed by atoms with Gasteiger partial charge in [-0.05, 0) is 18.3 Å². The summed E-state index contributed by atoms with van der Waals surface area (Å²) < 4.78 is 24.7. The van der Waals surface area contributed by atoms with Crippen LogP contribution in [0.5, 0.6) is 0 Å². The van der Waals surface area contributed by atoms with Gasteiger partial charge >= 0.3 is 12.0 Å². The van der Waals surface area contributed by atoms with Gasteiger partial charge in [0.2, 0.25) is 21.8 Å². The molecule has 12 nitrogen and oxygen atoms in total. The number of rotatable bonds is 11. The van der Waals surface area contributed by atoms with E-state index in [-0.39, 0.29) is 13.1 Å². The molecule has 2 unspecified atom stereocenters. The minimum atomic E-state index is -3.45. The highest BCUT2D eigenvalue weighted by Gasteiger charge is 2.40. The van der Waals surface area contributed by atoms with E-state index in [1.807, 2.05) is 20.8 Å². The summed E-state index contributed by atoms with van der Waals surface area (Å²) in [6.45, 7) is 10.8. The molecule has 0 bridgehead atoms. The van der Waals surface area contributed by atoms with Crippen molar-refractivity contribution in [2.75, 3.05) is 40.0 Å². The zero-order valence-electron chi connectivity index (χ0n) is 22.3. The van der Waals surface area contributed by atoms with Crippen molar-refractivity contribution in [3.8, 4) is 0 Å². The molecule has 1 fully saturated rings. The van der Waals surface area contributed by atoms with Crippen molar-refractivity contribution in [2.24, 2.45) is 11.3 Å². The fraction of sp³-hybridized carbons (Fsp3) is 0.739. The average Bonchev–Trinajstić information content (AvgIpc) is 3.24. The second-order valence-corrected chi connectivity index (χ2v) is 12.5.